The van der Waals surface area contributed by atoms with Gasteiger partial charge >= 0.3 is 5.97 Å². The zero-order valence-electron chi connectivity index (χ0n) is 19.4. The largest absolute Gasteiger partial charge is 0.481 e. The van der Waals surface area contributed by atoms with Crippen molar-refractivity contribution in [2.24, 2.45) is 11.8 Å². The van der Waals surface area contributed by atoms with Crippen LogP contribution in [0.15, 0.2) is 18.6 Å². The van der Waals surface area contributed by atoms with E-state index in [1.54, 1.807) is 0 Å². The SMILES string of the molecule is CC[C@H](CN(C)C1CC(CCC(=O)O)C1)[C@H]1OC(C)(C)O[C@H]1n1ccc2c(N)ncnc21. The molecule has 4 rings (SSSR count). The molecule has 176 valence electrons. The predicted octanol–water partition coefficient (Wildman–Crippen LogP) is 3.27. The molecule has 1 saturated heterocycles. The molecule has 0 radical (unpaired) electrons. The number of fused-ring (bicyclic) bond motifs is 1. The van der Waals surface area contributed by atoms with E-state index in [2.05, 4.69) is 28.8 Å². The Bertz CT molecular complexity index is 955. The summed E-state index contributed by atoms with van der Waals surface area (Å²) >= 11 is 0. The van der Waals surface area contributed by atoms with Gasteiger partial charge in [-0.3, -0.25) is 4.79 Å². The Kier molecular flexibility index (Phi) is 6.42. The maximum atomic E-state index is 10.8. The fraction of sp³-hybridized carbons (Fsp3) is 0.696. The van der Waals surface area contributed by atoms with Crippen LogP contribution < -0.4 is 5.73 Å². The van der Waals surface area contributed by atoms with Crippen LogP contribution in [0.5, 0.6) is 0 Å². The first-order valence-electron chi connectivity index (χ1n) is 11.5. The van der Waals surface area contributed by atoms with Crippen LogP contribution in [0.4, 0.5) is 5.82 Å². The molecule has 2 aromatic heterocycles. The lowest BCUT2D eigenvalue weighted by Gasteiger charge is -2.43. The van der Waals surface area contributed by atoms with Crippen molar-refractivity contribution in [2.45, 2.75) is 77.0 Å². The zero-order chi connectivity index (χ0) is 23.0. The standard InChI is InChI=1S/C23H35N5O4/c1-5-15(12-27(4)16-10-14(11-16)6-7-18(29)30)19-22(32-23(2,3)31-19)28-9-8-17-20(24)25-13-26-21(17)28/h8-9,13-16,19,22H,5-7,10-12H2,1-4H3,(H,29,30)(H2,24,25,26)/t14?,15-,16?,19-,22-/m1/s1. The Morgan fingerprint density at radius 1 is 1.38 bits per heavy atom. The van der Waals surface area contributed by atoms with Crippen LogP contribution in [-0.4, -0.2) is 62.0 Å². The van der Waals surface area contributed by atoms with Crippen LogP contribution in [0.2, 0.25) is 0 Å². The van der Waals surface area contributed by atoms with Crippen molar-refractivity contribution in [1.82, 2.24) is 19.4 Å². The van der Waals surface area contributed by atoms with Crippen LogP contribution in [0, 0.1) is 11.8 Å². The molecular weight excluding hydrogens is 410 g/mol. The number of carbonyl (C=O) groups is 1. The van der Waals surface area contributed by atoms with E-state index >= 15 is 0 Å². The maximum Gasteiger partial charge on any atom is 0.303 e. The Hall–Kier alpha value is -2.23. The minimum Gasteiger partial charge on any atom is -0.481 e. The van der Waals surface area contributed by atoms with Crippen LogP contribution in [0.25, 0.3) is 11.0 Å². The van der Waals surface area contributed by atoms with Crippen molar-refractivity contribution in [3.8, 4) is 0 Å². The van der Waals surface area contributed by atoms with Crippen molar-refractivity contribution < 1.29 is 19.4 Å². The summed E-state index contributed by atoms with van der Waals surface area (Å²) in [5.41, 5.74) is 6.78. The quantitative estimate of drug-likeness (QED) is 0.604. The van der Waals surface area contributed by atoms with Gasteiger partial charge in [0.15, 0.2) is 12.0 Å². The number of hydrogen-bond donors (Lipinski definition) is 2. The smallest absolute Gasteiger partial charge is 0.303 e. The van der Waals surface area contributed by atoms with Gasteiger partial charge in [0.1, 0.15) is 23.9 Å². The summed E-state index contributed by atoms with van der Waals surface area (Å²) < 4.78 is 14.8. The number of ether oxygens (including phenoxy) is 2. The molecule has 3 atom stereocenters. The van der Waals surface area contributed by atoms with E-state index in [0.717, 1.165) is 43.3 Å². The highest BCUT2D eigenvalue weighted by Crippen LogP contribution is 2.42. The number of carboxylic acids is 1. The van der Waals surface area contributed by atoms with Gasteiger partial charge < -0.3 is 29.8 Å². The van der Waals surface area contributed by atoms with Gasteiger partial charge in [-0.1, -0.05) is 6.92 Å². The summed E-state index contributed by atoms with van der Waals surface area (Å²) in [7, 11) is 2.16. The van der Waals surface area contributed by atoms with Gasteiger partial charge in [-0.05, 0) is 58.6 Å². The topological polar surface area (TPSA) is 116 Å². The highest BCUT2D eigenvalue weighted by atomic mass is 16.8. The van der Waals surface area contributed by atoms with E-state index < -0.39 is 11.8 Å². The van der Waals surface area contributed by atoms with Crippen molar-refractivity contribution in [3.63, 3.8) is 0 Å². The van der Waals surface area contributed by atoms with Crippen molar-refractivity contribution in [1.29, 1.82) is 0 Å². The van der Waals surface area contributed by atoms with E-state index in [1.807, 2.05) is 30.7 Å². The molecule has 1 aliphatic carbocycles. The summed E-state index contributed by atoms with van der Waals surface area (Å²) in [6.45, 7) is 6.98. The van der Waals surface area contributed by atoms with Crippen LogP contribution in [-0.2, 0) is 14.3 Å². The molecule has 3 heterocycles. The molecule has 0 unspecified atom stereocenters. The number of carboxylic acid groups (broad SMARTS) is 1. The molecule has 9 nitrogen and oxygen atoms in total. The second-order valence-electron chi connectivity index (χ2n) is 9.74. The van der Waals surface area contributed by atoms with Crippen LogP contribution in [0.1, 0.15) is 59.1 Å². The summed E-state index contributed by atoms with van der Waals surface area (Å²) in [5, 5.41) is 9.71. The molecule has 2 fully saturated rings. The molecule has 1 aliphatic heterocycles. The third-order valence-electron chi connectivity index (χ3n) is 7.03. The second-order valence-corrected chi connectivity index (χ2v) is 9.74. The molecule has 0 bridgehead atoms. The summed E-state index contributed by atoms with van der Waals surface area (Å²) in [4.78, 5) is 21.8. The highest BCUT2D eigenvalue weighted by Gasteiger charge is 2.46. The van der Waals surface area contributed by atoms with Crippen LogP contribution >= 0.6 is 0 Å². The molecule has 0 aromatic carbocycles. The molecular formula is C23H35N5O4. The van der Waals surface area contributed by atoms with Crippen molar-refractivity contribution in [2.75, 3.05) is 19.3 Å². The number of aromatic nitrogens is 3. The van der Waals surface area contributed by atoms with E-state index in [-0.39, 0.29) is 24.7 Å². The van der Waals surface area contributed by atoms with Gasteiger partial charge in [0, 0.05) is 31.1 Å². The van der Waals surface area contributed by atoms with Crippen molar-refractivity contribution in [3.05, 3.63) is 18.6 Å². The number of rotatable bonds is 9. The molecule has 3 N–H and O–H groups in total. The number of nitrogens with zero attached hydrogens (tertiary/aromatic N) is 4. The minimum absolute atomic E-state index is 0.132. The van der Waals surface area contributed by atoms with Gasteiger partial charge in [-0.2, -0.15) is 0 Å². The second kappa shape index (κ2) is 8.96. The normalized spacial score (nSPS) is 28.2. The lowest BCUT2D eigenvalue weighted by atomic mass is 9.76. The van der Waals surface area contributed by atoms with Gasteiger partial charge in [-0.25, -0.2) is 9.97 Å². The Labute approximate surface area is 188 Å². The first kappa shape index (κ1) is 22.9. The number of nitrogen functional groups attached to an aromatic ring is 1. The molecule has 1 saturated carbocycles. The number of anilines is 1. The molecule has 0 spiro atoms. The molecule has 2 aromatic rings. The van der Waals surface area contributed by atoms with E-state index in [4.69, 9.17) is 20.3 Å². The highest BCUT2D eigenvalue weighted by molar-refractivity contribution is 5.86. The summed E-state index contributed by atoms with van der Waals surface area (Å²) in [5.74, 6) is -0.161. The number of hydrogen-bond acceptors (Lipinski definition) is 7. The van der Waals surface area contributed by atoms with E-state index in [0.29, 0.717) is 17.8 Å². The Morgan fingerprint density at radius 3 is 2.81 bits per heavy atom. The van der Waals surface area contributed by atoms with E-state index in [9.17, 15) is 4.79 Å². The Morgan fingerprint density at radius 2 is 2.12 bits per heavy atom. The third-order valence-corrected chi connectivity index (χ3v) is 7.03. The van der Waals surface area contributed by atoms with Gasteiger partial charge in [0.2, 0.25) is 0 Å². The molecule has 32 heavy (non-hydrogen) atoms. The maximum absolute atomic E-state index is 10.8. The van der Waals surface area contributed by atoms with Gasteiger partial charge in [-0.15, -0.1) is 0 Å². The van der Waals surface area contributed by atoms with Crippen LogP contribution in [0.3, 0.4) is 0 Å². The lowest BCUT2D eigenvalue weighted by molar-refractivity contribution is -0.156. The average Bonchev–Trinajstić information content (AvgIpc) is 3.25. The van der Waals surface area contributed by atoms with E-state index in [1.165, 1.54) is 6.33 Å². The summed E-state index contributed by atoms with van der Waals surface area (Å²) in [6, 6.07) is 2.42. The third kappa shape index (κ3) is 4.60. The molecule has 9 heteroatoms. The minimum atomic E-state index is -0.704. The van der Waals surface area contributed by atoms with Gasteiger partial charge in [0.05, 0.1) is 5.39 Å². The monoisotopic (exact) mass is 445 g/mol. The fourth-order valence-corrected chi connectivity index (χ4v) is 5.12. The summed E-state index contributed by atoms with van der Waals surface area (Å²) in [6.07, 6.45) is 7.12. The number of nitrogens with two attached hydrogens (primary N) is 1. The van der Waals surface area contributed by atoms with Gasteiger partial charge in [0.25, 0.3) is 0 Å². The average molecular weight is 446 g/mol. The first-order chi connectivity index (χ1) is 15.2. The fourth-order valence-electron chi connectivity index (χ4n) is 5.12. The molecule has 2 aliphatic rings. The molecule has 0 amide bonds. The number of aliphatic carboxylic acids is 1. The Balaban J connectivity index is 1.47. The zero-order valence-corrected chi connectivity index (χ0v) is 19.4. The van der Waals surface area contributed by atoms with Crippen molar-refractivity contribution >= 4 is 22.8 Å². The predicted molar refractivity (Wildman–Crippen MR) is 121 cm³/mol. The first-order valence-corrected chi connectivity index (χ1v) is 11.5. The lowest BCUT2D eigenvalue weighted by Crippen LogP contribution is -2.46.